The van der Waals surface area contributed by atoms with Crippen molar-refractivity contribution < 1.29 is 4.39 Å². The molecule has 0 radical (unpaired) electrons. The van der Waals surface area contributed by atoms with E-state index in [0.717, 1.165) is 38.4 Å². The van der Waals surface area contributed by atoms with E-state index < -0.39 is 0 Å². The lowest BCUT2D eigenvalue weighted by Crippen LogP contribution is -2.51. The molecule has 0 unspecified atom stereocenters. The van der Waals surface area contributed by atoms with Crippen LogP contribution in [0.4, 0.5) is 10.1 Å². The van der Waals surface area contributed by atoms with Crippen molar-refractivity contribution >= 4 is 5.69 Å². The molecule has 0 amide bonds. The minimum absolute atomic E-state index is 0.130. The normalized spacial score (nSPS) is 18.9. The first kappa shape index (κ1) is 14.3. The van der Waals surface area contributed by atoms with E-state index in [0.29, 0.717) is 5.92 Å². The lowest BCUT2D eigenvalue weighted by Gasteiger charge is -2.37. The van der Waals surface area contributed by atoms with Gasteiger partial charge < -0.3 is 10.6 Å². The number of piperazine rings is 1. The molecular formula is C15H24FN3. The van der Waals surface area contributed by atoms with Gasteiger partial charge in [0.15, 0.2) is 0 Å². The highest BCUT2D eigenvalue weighted by Gasteiger charge is 2.21. The van der Waals surface area contributed by atoms with Crippen molar-refractivity contribution in [2.75, 3.05) is 37.6 Å². The fourth-order valence-electron chi connectivity index (χ4n) is 2.39. The van der Waals surface area contributed by atoms with Gasteiger partial charge in [0.1, 0.15) is 5.82 Å². The number of rotatable bonds is 4. The molecule has 0 aliphatic carbocycles. The molecule has 1 atom stereocenters. The molecule has 0 bridgehead atoms. The summed E-state index contributed by atoms with van der Waals surface area (Å²) >= 11 is 0. The first-order chi connectivity index (χ1) is 9.08. The number of hydrogen-bond donors (Lipinski definition) is 1. The van der Waals surface area contributed by atoms with Gasteiger partial charge in [0.2, 0.25) is 0 Å². The van der Waals surface area contributed by atoms with Crippen LogP contribution in [0.25, 0.3) is 0 Å². The molecule has 0 aromatic heterocycles. The summed E-state index contributed by atoms with van der Waals surface area (Å²) in [5.41, 5.74) is 6.82. The zero-order valence-corrected chi connectivity index (χ0v) is 11.8. The SMILES string of the molecule is CC(C)[C@H](N)CN1CCN(c2ccccc2F)CC1. The van der Waals surface area contributed by atoms with E-state index in [2.05, 4.69) is 23.6 Å². The summed E-state index contributed by atoms with van der Waals surface area (Å²) in [6.45, 7) is 8.88. The summed E-state index contributed by atoms with van der Waals surface area (Å²) in [4.78, 5) is 4.49. The number of hydrogen-bond acceptors (Lipinski definition) is 3. The third kappa shape index (κ3) is 3.67. The second-order valence-corrected chi connectivity index (χ2v) is 5.65. The summed E-state index contributed by atoms with van der Waals surface area (Å²) in [7, 11) is 0. The Bertz CT molecular complexity index is 400. The lowest BCUT2D eigenvalue weighted by atomic mass is 10.0. The van der Waals surface area contributed by atoms with E-state index >= 15 is 0 Å². The second-order valence-electron chi connectivity index (χ2n) is 5.65. The maximum atomic E-state index is 13.7. The Morgan fingerprint density at radius 3 is 2.37 bits per heavy atom. The van der Waals surface area contributed by atoms with Crippen LogP contribution in [0, 0.1) is 11.7 Å². The largest absolute Gasteiger partial charge is 0.367 e. The highest BCUT2D eigenvalue weighted by Crippen LogP contribution is 2.20. The molecule has 2 rings (SSSR count). The van der Waals surface area contributed by atoms with E-state index in [1.54, 1.807) is 6.07 Å². The van der Waals surface area contributed by atoms with Crippen molar-refractivity contribution in [3.63, 3.8) is 0 Å². The maximum Gasteiger partial charge on any atom is 0.146 e. The lowest BCUT2D eigenvalue weighted by molar-refractivity contribution is 0.225. The molecule has 1 fully saturated rings. The van der Waals surface area contributed by atoms with Crippen LogP contribution < -0.4 is 10.6 Å². The Morgan fingerprint density at radius 2 is 1.79 bits per heavy atom. The number of para-hydroxylation sites is 1. The zero-order valence-electron chi connectivity index (χ0n) is 11.8. The fourth-order valence-corrected chi connectivity index (χ4v) is 2.39. The molecule has 3 nitrogen and oxygen atoms in total. The summed E-state index contributed by atoms with van der Waals surface area (Å²) in [5, 5.41) is 0. The molecule has 1 aliphatic heterocycles. The predicted octanol–water partition coefficient (Wildman–Crippen LogP) is 1.93. The van der Waals surface area contributed by atoms with Crippen molar-refractivity contribution in [2.45, 2.75) is 19.9 Å². The van der Waals surface area contributed by atoms with Gasteiger partial charge in [-0.25, -0.2) is 4.39 Å². The molecule has 0 saturated carbocycles. The Hall–Kier alpha value is -1.13. The van der Waals surface area contributed by atoms with Gasteiger partial charge >= 0.3 is 0 Å². The fraction of sp³-hybridized carbons (Fsp3) is 0.600. The van der Waals surface area contributed by atoms with Crippen LogP contribution in [0.2, 0.25) is 0 Å². The Morgan fingerprint density at radius 1 is 1.16 bits per heavy atom. The molecule has 106 valence electrons. The number of nitrogens with two attached hydrogens (primary N) is 1. The third-order valence-electron chi connectivity index (χ3n) is 3.89. The van der Waals surface area contributed by atoms with Crippen molar-refractivity contribution in [3.8, 4) is 0 Å². The summed E-state index contributed by atoms with van der Waals surface area (Å²) in [5.74, 6) is 0.374. The van der Waals surface area contributed by atoms with Crippen molar-refractivity contribution in [1.82, 2.24) is 4.90 Å². The first-order valence-corrected chi connectivity index (χ1v) is 7.05. The second kappa shape index (κ2) is 6.35. The molecule has 1 aromatic rings. The van der Waals surface area contributed by atoms with Crippen molar-refractivity contribution in [2.24, 2.45) is 11.7 Å². The van der Waals surface area contributed by atoms with Gasteiger partial charge in [-0.1, -0.05) is 26.0 Å². The van der Waals surface area contributed by atoms with Gasteiger partial charge in [0.05, 0.1) is 5.69 Å². The third-order valence-corrected chi connectivity index (χ3v) is 3.89. The maximum absolute atomic E-state index is 13.7. The van der Waals surface area contributed by atoms with Gasteiger partial charge in [-0.05, 0) is 18.1 Å². The molecule has 2 N–H and O–H groups in total. The van der Waals surface area contributed by atoms with Crippen LogP contribution in [0.3, 0.4) is 0 Å². The molecule has 1 heterocycles. The molecular weight excluding hydrogens is 241 g/mol. The molecule has 1 aliphatic rings. The molecule has 19 heavy (non-hydrogen) atoms. The molecule has 1 aromatic carbocycles. The monoisotopic (exact) mass is 265 g/mol. The van der Waals surface area contributed by atoms with E-state index in [1.807, 2.05) is 12.1 Å². The average Bonchev–Trinajstić information content (AvgIpc) is 2.40. The Labute approximate surface area is 115 Å². The summed E-state index contributed by atoms with van der Waals surface area (Å²) in [6.07, 6.45) is 0. The average molecular weight is 265 g/mol. The summed E-state index contributed by atoms with van der Waals surface area (Å²) in [6, 6.07) is 7.22. The molecule has 0 spiro atoms. The molecule has 1 saturated heterocycles. The Kier molecular flexibility index (Phi) is 4.77. The van der Waals surface area contributed by atoms with E-state index in [4.69, 9.17) is 5.73 Å². The topological polar surface area (TPSA) is 32.5 Å². The minimum Gasteiger partial charge on any atom is -0.367 e. The zero-order chi connectivity index (χ0) is 13.8. The van der Waals surface area contributed by atoms with Gasteiger partial charge in [-0.15, -0.1) is 0 Å². The van der Waals surface area contributed by atoms with Gasteiger partial charge in [-0.3, -0.25) is 4.90 Å². The highest BCUT2D eigenvalue weighted by molar-refractivity contribution is 5.47. The highest BCUT2D eigenvalue weighted by atomic mass is 19.1. The Balaban J connectivity index is 1.88. The van der Waals surface area contributed by atoms with Crippen molar-refractivity contribution in [1.29, 1.82) is 0 Å². The van der Waals surface area contributed by atoms with Crippen LogP contribution in [-0.2, 0) is 0 Å². The predicted molar refractivity (Wildman–Crippen MR) is 77.9 cm³/mol. The van der Waals surface area contributed by atoms with Gasteiger partial charge in [0, 0.05) is 38.8 Å². The first-order valence-electron chi connectivity index (χ1n) is 7.05. The minimum atomic E-state index is -0.130. The van der Waals surface area contributed by atoms with Crippen LogP contribution in [0.1, 0.15) is 13.8 Å². The quantitative estimate of drug-likeness (QED) is 0.903. The van der Waals surface area contributed by atoms with Crippen LogP contribution in [-0.4, -0.2) is 43.7 Å². The standard InChI is InChI=1S/C15H24FN3/c1-12(2)14(17)11-18-7-9-19(10-8-18)15-6-4-3-5-13(15)16/h3-6,12,14H,7-11,17H2,1-2H3/t14-/m1/s1. The van der Waals surface area contributed by atoms with Crippen LogP contribution in [0.15, 0.2) is 24.3 Å². The smallest absolute Gasteiger partial charge is 0.146 e. The number of halogens is 1. The number of nitrogens with zero attached hydrogens (tertiary/aromatic N) is 2. The number of anilines is 1. The number of benzene rings is 1. The summed E-state index contributed by atoms with van der Waals surface area (Å²) < 4.78 is 13.7. The van der Waals surface area contributed by atoms with Crippen LogP contribution >= 0.6 is 0 Å². The van der Waals surface area contributed by atoms with E-state index in [-0.39, 0.29) is 11.9 Å². The van der Waals surface area contributed by atoms with Crippen molar-refractivity contribution in [3.05, 3.63) is 30.1 Å². The van der Waals surface area contributed by atoms with Gasteiger partial charge in [0.25, 0.3) is 0 Å². The van der Waals surface area contributed by atoms with Crippen LogP contribution in [0.5, 0.6) is 0 Å². The van der Waals surface area contributed by atoms with Gasteiger partial charge in [-0.2, -0.15) is 0 Å². The molecule has 4 heteroatoms. The van der Waals surface area contributed by atoms with E-state index in [1.165, 1.54) is 6.07 Å². The van der Waals surface area contributed by atoms with E-state index in [9.17, 15) is 4.39 Å².